The van der Waals surface area contributed by atoms with E-state index in [2.05, 4.69) is 15.6 Å². The quantitative estimate of drug-likeness (QED) is 0.742. The van der Waals surface area contributed by atoms with E-state index < -0.39 is 17.5 Å². The molecule has 3 aromatic rings. The second-order valence-corrected chi connectivity index (χ2v) is 5.84. The summed E-state index contributed by atoms with van der Waals surface area (Å²) in [5.74, 6) is -2.75. The van der Waals surface area contributed by atoms with Gasteiger partial charge in [0.2, 0.25) is 0 Å². The molecule has 0 aliphatic carbocycles. The zero-order valence-electron chi connectivity index (χ0n) is 12.6. The van der Waals surface area contributed by atoms with Crippen molar-refractivity contribution >= 4 is 34.0 Å². The Balaban J connectivity index is 1.68. The van der Waals surface area contributed by atoms with Gasteiger partial charge in [-0.15, -0.1) is 11.3 Å². The Kier molecular flexibility index (Phi) is 4.80. The van der Waals surface area contributed by atoms with Gasteiger partial charge in [-0.25, -0.2) is 13.8 Å². The number of thiazole rings is 1. The summed E-state index contributed by atoms with van der Waals surface area (Å²) < 4.78 is 26.5. The average molecular weight is 359 g/mol. The van der Waals surface area contributed by atoms with Crippen LogP contribution in [0.3, 0.4) is 0 Å². The third kappa shape index (κ3) is 4.04. The number of halogens is 2. The maximum absolute atomic E-state index is 13.6. The summed E-state index contributed by atoms with van der Waals surface area (Å²) in [6.45, 7) is 0. The van der Waals surface area contributed by atoms with Crippen LogP contribution in [0.25, 0.3) is 0 Å². The SMILES string of the molecule is O=C(Nc1nccs1)c1ccc(NC(=O)c2ccc(F)cc2F)cc1. The molecule has 1 heterocycles. The standard InChI is InChI=1S/C17H11F2N3O2S/c18-11-3-6-13(14(19)9-11)16(24)21-12-4-1-10(2-5-12)15(23)22-17-20-7-8-25-17/h1-9H,(H,21,24)(H,20,22,23). The van der Waals surface area contributed by atoms with Crippen LogP contribution >= 0.6 is 11.3 Å². The smallest absolute Gasteiger partial charge is 0.258 e. The molecular weight excluding hydrogens is 348 g/mol. The van der Waals surface area contributed by atoms with Crippen molar-refractivity contribution in [2.75, 3.05) is 10.6 Å². The molecule has 0 fully saturated rings. The van der Waals surface area contributed by atoms with Gasteiger partial charge in [0.15, 0.2) is 5.13 Å². The third-order valence-corrected chi connectivity index (χ3v) is 3.92. The third-order valence-electron chi connectivity index (χ3n) is 3.23. The Hall–Kier alpha value is -3.13. The molecule has 2 aromatic carbocycles. The highest BCUT2D eigenvalue weighted by Gasteiger charge is 2.13. The van der Waals surface area contributed by atoms with Gasteiger partial charge in [-0.05, 0) is 36.4 Å². The molecular formula is C17H11F2N3O2S. The Morgan fingerprint density at radius 3 is 2.36 bits per heavy atom. The number of hydrogen-bond acceptors (Lipinski definition) is 4. The first-order valence-corrected chi connectivity index (χ1v) is 7.98. The number of amides is 2. The van der Waals surface area contributed by atoms with Crippen LogP contribution in [0.15, 0.2) is 54.0 Å². The van der Waals surface area contributed by atoms with Gasteiger partial charge in [0.05, 0.1) is 5.56 Å². The summed E-state index contributed by atoms with van der Waals surface area (Å²) in [6.07, 6.45) is 1.58. The van der Waals surface area contributed by atoms with Crippen LogP contribution in [0, 0.1) is 11.6 Å². The normalized spacial score (nSPS) is 10.3. The first kappa shape index (κ1) is 16.7. The molecule has 0 saturated carbocycles. The summed E-state index contributed by atoms with van der Waals surface area (Å²) in [5, 5.41) is 7.34. The van der Waals surface area contributed by atoms with E-state index in [1.165, 1.54) is 35.6 Å². The summed E-state index contributed by atoms with van der Waals surface area (Å²) in [5.41, 5.74) is 0.479. The van der Waals surface area contributed by atoms with Crippen LogP contribution < -0.4 is 10.6 Å². The van der Waals surface area contributed by atoms with Crippen LogP contribution in [0.4, 0.5) is 19.6 Å². The lowest BCUT2D eigenvalue weighted by molar-refractivity contribution is 0.101. The highest BCUT2D eigenvalue weighted by atomic mass is 32.1. The molecule has 0 aliphatic heterocycles. The molecule has 25 heavy (non-hydrogen) atoms. The molecule has 8 heteroatoms. The molecule has 0 unspecified atom stereocenters. The van der Waals surface area contributed by atoms with Crippen molar-refractivity contribution in [2.24, 2.45) is 0 Å². The average Bonchev–Trinajstić information content (AvgIpc) is 3.08. The van der Waals surface area contributed by atoms with E-state index in [4.69, 9.17) is 0 Å². The number of aromatic nitrogens is 1. The fourth-order valence-corrected chi connectivity index (χ4v) is 2.56. The molecule has 3 rings (SSSR count). The van der Waals surface area contributed by atoms with Crippen molar-refractivity contribution in [3.05, 3.63) is 76.8 Å². The monoisotopic (exact) mass is 359 g/mol. The topological polar surface area (TPSA) is 71.1 Å². The number of carbonyl (C=O) groups is 2. The summed E-state index contributed by atoms with van der Waals surface area (Å²) in [4.78, 5) is 28.0. The fraction of sp³-hybridized carbons (Fsp3) is 0. The van der Waals surface area contributed by atoms with Crippen LogP contribution in [0.1, 0.15) is 20.7 Å². The molecule has 0 radical (unpaired) electrons. The van der Waals surface area contributed by atoms with E-state index in [0.29, 0.717) is 22.4 Å². The number of hydrogen-bond donors (Lipinski definition) is 2. The molecule has 0 bridgehead atoms. The second-order valence-electron chi connectivity index (χ2n) is 4.95. The minimum atomic E-state index is -0.947. The Morgan fingerprint density at radius 2 is 1.72 bits per heavy atom. The Morgan fingerprint density at radius 1 is 0.960 bits per heavy atom. The van der Waals surface area contributed by atoms with Crippen molar-refractivity contribution in [1.82, 2.24) is 4.98 Å². The van der Waals surface area contributed by atoms with Crippen molar-refractivity contribution < 1.29 is 18.4 Å². The van der Waals surface area contributed by atoms with E-state index >= 15 is 0 Å². The maximum atomic E-state index is 13.6. The second kappa shape index (κ2) is 7.18. The van der Waals surface area contributed by atoms with Crippen molar-refractivity contribution in [2.45, 2.75) is 0 Å². The van der Waals surface area contributed by atoms with Gasteiger partial charge in [0.1, 0.15) is 11.6 Å². The van der Waals surface area contributed by atoms with E-state index in [9.17, 15) is 18.4 Å². The largest absolute Gasteiger partial charge is 0.322 e. The summed E-state index contributed by atoms with van der Waals surface area (Å²) in [7, 11) is 0. The predicted octanol–water partition coefficient (Wildman–Crippen LogP) is 3.93. The summed E-state index contributed by atoms with van der Waals surface area (Å²) >= 11 is 1.30. The molecule has 0 spiro atoms. The van der Waals surface area contributed by atoms with Gasteiger partial charge in [-0.1, -0.05) is 0 Å². The minimum Gasteiger partial charge on any atom is -0.322 e. The van der Waals surface area contributed by atoms with E-state index in [-0.39, 0.29) is 11.5 Å². The van der Waals surface area contributed by atoms with Crippen LogP contribution in [0.2, 0.25) is 0 Å². The van der Waals surface area contributed by atoms with Gasteiger partial charge >= 0.3 is 0 Å². The molecule has 2 N–H and O–H groups in total. The van der Waals surface area contributed by atoms with Gasteiger partial charge in [0.25, 0.3) is 11.8 Å². The Bertz CT molecular complexity index is 912. The molecule has 0 atom stereocenters. The summed E-state index contributed by atoms with van der Waals surface area (Å²) in [6, 6.07) is 8.76. The maximum Gasteiger partial charge on any atom is 0.258 e. The first-order chi connectivity index (χ1) is 12.0. The number of carbonyl (C=O) groups excluding carboxylic acids is 2. The van der Waals surface area contributed by atoms with Gasteiger partial charge in [-0.2, -0.15) is 0 Å². The molecule has 5 nitrogen and oxygen atoms in total. The van der Waals surface area contributed by atoms with Gasteiger partial charge < -0.3 is 5.32 Å². The van der Waals surface area contributed by atoms with Crippen molar-refractivity contribution in [3.63, 3.8) is 0 Å². The zero-order chi connectivity index (χ0) is 17.8. The number of nitrogens with zero attached hydrogens (tertiary/aromatic N) is 1. The number of anilines is 2. The molecule has 0 aliphatic rings. The molecule has 126 valence electrons. The Labute approximate surface area is 145 Å². The van der Waals surface area contributed by atoms with Crippen molar-refractivity contribution in [3.8, 4) is 0 Å². The predicted molar refractivity (Wildman–Crippen MR) is 90.8 cm³/mol. The van der Waals surface area contributed by atoms with Gasteiger partial charge in [0, 0.05) is 28.9 Å². The lowest BCUT2D eigenvalue weighted by atomic mass is 10.1. The fourth-order valence-electron chi connectivity index (χ4n) is 2.03. The van der Waals surface area contributed by atoms with Crippen LogP contribution in [-0.2, 0) is 0 Å². The molecule has 1 aromatic heterocycles. The number of nitrogens with one attached hydrogen (secondary N) is 2. The van der Waals surface area contributed by atoms with E-state index in [0.717, 1.165) is 12.1 Å². The zero-order valence-corrected chi connectivity index (χ0v) is 13.4. The number of rotatable bonds is 4. The lowest BCUT2D eigenvalue weighted by Crippen LogP contribution is -2.15. The minimum absolute atomic E-state index is 0.271. The molecule has 0 saturated heterocycles. The van der Waals surface area contributed by atoms with Crippen LogP contribution in [-0.4, -0.2) is 16.8 Å². The van der Waals surface area contributed by atoms with Crippen molar-refractivity contribution in [1.29, 1.82) is 0 Å². The van der Waals surface area contributed by atoms with Crippen LogP contribution in [0.5, 0.6) is 0 Å². The van der Waals surface area contributed by atoms with Gasteiger partial charge in [-0.3, -0.25) is 14.9 Å². The van der Waals surface area contributed by atoms with E-state index in [1.54, 1.807) is 11.6 Å². The molecule has 2 amide bonds. The first-order valence-electron chi connectivity index (χ1n) is 7.10. The van der Waals surface area contributed by atoms with E-state index in [1.807, 2.05) is 0 Å². The lowest BCUT2D eigenvalue weighted by Gasteiger charge is -2.07. The highest BCUT2D eigenvalue weighted by molar-refractivity contribution is 7.13. The number of benzene rings is 2. The highest BCUT2D eigenvalue weighted by Crippen LogP contribution is 2.16.